The molecule has 0 bridgehead atoms. The fourth-order valence-corrected chi connectivity index (χ4v) is 3.30. The van der Waals surface area contributed by atoms with Crippen LogP contribution in [-0.2, 0) is 0 Å². The Kier molecular flexibility index (Phi) is 2.17. The van der Waals surface area contributed by atoms with E-state index in [9.17, 15) is 4.79 Å². The van der Waals surface area contributed by atoms with Crippen LogP contribution in [0, 0.1) is 13.8 Å². The third-order valence-electron chi connectivity index (χ3n) is 4.45. The summed E-state index contributed by atoms with van der Waals surface area (Å²) in [6, 6.07) is 14.8. The van der Waals surface area contributed by atoms with Gasteiger partial charge in [-0.25, -0.2) is 0 Å². The van der Waals surface area contributed by atoms with Crippen molar-refractivity contribution < 1.29 is 4.79 Å². The van der Waals surface area contributed by atoms with Gasteiger partial charge in [0.05, 0.1) is 0 Å². The van der Waals surface area contributed by atoms with E-state index in [0.717, 1.165) is 17.2 Å². The predicted molar refractivity (Wildman–Crippen MR) is 85.0 cm³/mol. The summed E-state index contributed by atoms with van der Waals surface area (Å²) in [6.45, 7) is 4.26. The maximum Gasteiger partial charge on any atom is 0.150 e. The molecule has 0 spiro atoms. The van der Waals surface area contributed by atoms with E-state index in [1.54, 1.807) is 0 Å². The van der Waals surface area contributed by atoms with Crippen molar-refractivity contribution in [1.29, 1.82) is 0 Å². The predicted octanol–water partition coefficient (Wildman–Crippen LogP) is 5.01. The van der Waals surface area contributed by atoms with Gasteiger partial charge in [0.25, 0.3) is 0 Å². The summed E-state index contributed by atoms with van der Waals surface area (Å²) in [5, 5.41) is 7.21. The number of hydrogen-bond donors (Lipinski definition) is 0. The Labute approximate surface area is 117 Å². The van der Waals surface area contributed by atoms with Gasteiger partial charge in [0, 0.05) is 5.56 Å². The van der Waals surface area contributed by atoms with Gasteiger partial charge in [-0.3, -0.25) is 4.79 Å². The van der Waals surface area contributed by atoms with E-state index in [-0.39, 0.29) is 0 Å². The first kappa shape index (κ1) is 11.4. The maximum atomic E-state index is 11.5. The Morgan fingerprint density at radius 3 is 2.40 bits per heavy atom. The van der Waals surface area contributed by atoms with Crippen molar-refractivity contribution in [3.63, 3.8) is 0 Å². The van der Waals surface area contributed by atoms with E-state index in [2.05, 4.69) is 38.1 Å². The van der Waals surface area contributed by atoms with Gasteiger partial charge in [-0.15, -0.1) is 0 Å². The van der Waals surface area contributed by atoms with E-state index < -0.39 is 0 Å². The highest BCUT2D eigenvalue weighted by Crippen LogP contribution is 2.38. The monoisotopic (exact) mass is 258 g/mol. The fourth-order valence-electron chi connectivity index (χ4n) is 3.30. The Bertz CT molecular complexity index is 979. The molecule has 0 saturated heterocycles. The molecule has 0 aliphatic heterocycles. The minimum absolute atomic E-state index is 0.782. The van der Waals surface area contributed by atoms with E-state index in [0.29, 0.717) is 0 Å². The third-order valence-corrected chi connectivity index (χ3v) is 4.45. The molecule has 0 heterocycles. The lowest BCUT2D eigenvalue weighted by molar-refractivity contribution is 0.112. The molecule has 0 unspecified atom stereocenters. The van der Waals surface area contributed by atoms with Crippen molar-refractivity contribution in [2.75, 3.05) is 0 Å². The van der Waals surface area contributed by atoms with Gasteiger partial charge in [-0.1, -0.05) is 36.4 Å². The number of carbonyl (C=O) groups excluding carboxylic acids is 1. The summed E-state index contributed by atoms with van der Waals surface area (Å²) >= 11 is 0. The average molecular weight is 258 g/mol. The van der Waals surface area contributed by atoms with E-state index >= 15 is 0 Å². The molecule has 0 aliphatic carbocycles. The van der Waals surface area contributed by atoms with E-state index in [4.69, 9.17) is 0 Å². The lowest BCUT2D eigenvalue weighted by Crippen LogP contribution is -1.93. The van der Waals surface area contributed by atoms with Crippen molar-refractivity contribution in [3.05, 3.63) is 59.2 Å². The van der Waals surface area contributed by atoms with Crippen LogP contribution in [0.3, 0.4) is 0 Å². The topological polar surface area (TPSA) is 17.1 Å². The molecule has 0 fully saturated rings. The van der Waals surface area contributed by atoms with Crippen LogP contribution in [0.25, 0.3) is 32.3 Å². The first-order valence-corrected chi connectivity index (χ1v) is 6.83. The second-order valence-electron chi connectivity index (χ2n) is 5.52. The molecule has 0 radical (unpaired) electrons. The van der Waals surface area contributed by atoms with Gasteiger partial charge in [-0.05, 0) is 63.4 Å². The van der Waals surface area contributed by atoms with Crippen LogP contribution >= 0.6 is 0 Å². The van der Waals surface area contributed by atoms with Crippen LogP contribution in [0.2, 0.25) is 0 Å². The van der Waals surface area contributed by atoms with Crippen molar-refractivity contribution in [2.45, 2.75) is 13.8 Å². The minimum atomic E-state index is 0.782. The second-order valence-corrected chi connectivity index (χ2v) is 5.52. The molecular formula is C19H14O. The number of aldehydes is 1. The van der Waals surface area contributed by atoms with Gasteiger partial charge in [0.15, 0.2) is 6.29 Å². The number of rotatable bonds is 1. The highest BCUT2D eigenvalue weighted by Gasteiger charge is 2.13. The van der Waals surface area contributed by atoms with Gasteiger partial charge in [0.2, 0.25) is 0 Å². The fraction of sp³-hybridized carbons (Fsp3) is 0.105. The number of benzene rings is 4. The summed E-state index contributed by atoms with van der Waals surface area (Å²) in [4.78, 5) is 11.5. The zero-order valence-electron chi connectivity index (χ0n) is 11.5. The number of aryl methyl sites for hydroxylation is 2. The molecule has 1 nitrogen and oxygen atoms in total. The standard InChI is InChI=1S/C19H14O/c1-11-8-14-7-6-13-4-3-5-16-15(10-20)9-17(12(11)2)19(14)18(13)16/h3-10H,1-2H3. The van der Waals surface area contributed by atoms with Crippen molar-refractivity contribution >= 4 is 38.6 Å². The summed E-state index contributed by atoms with van der Waals surface area (Å²) < 4.78 is 0. The summed E-state index contributed by atoms with van der Waals surface area (Å²) in [5.74, 6) is 0. The molecule has 0 amide bonds. The van der Waals surface area contributed by atoms with Crippen LogP contribution in [-0.4, -0.2) is 6.29 Å². The Hall–Kier alpha value is -2.41. The molecule has 20 heavy (non-hydrogen) atoms. The molecule has 0 N–H and O–H groups in total. The lowest BCUT2D eigenvalue weighted by atomic mass is 9.88. The third kappa shape index (κ3) is 1.30. The summed E-state index contributed by atoms with van der Waals surface area (Å²) in [6.07, 6.45) is 0.971. The normalized spacial score (nSPS) is 11.7. The average Bonchev–Trinajstić information content (AvgIpc) is 2.48. The molecular weight excluding hydrogens is 244 g/mol. The Morgan fingerprint density at radius 2 is 1.60 bits per heavy atom. The molecule has 4 aromatic rings. The van der Waals surface area contributed by atoms with Gasteiger partial charge >= 0.3 is 0 Å². The molecule has 4 rings (SSSR count). The zero-order valence-corrected chi connectivity index (χ0v) is 11.5. The SMILES string of the molecule is Cc1cc2ccc3cccc4c(C=O)cc(c1C)c2c34. The van der Waals surface area contributed by atoms with Crippen molar-refractivity contribution in [2.24, 2.45) is 0 Å². The molecule has 0 saturated carbocycles. The minimum Gasteiger partial charge on any atom is -0.298 e. The van der Waals surface area contributed by atoms with Crippen LogP contribution in [0.1, 0.15) is 21.5 Å². The van der Waals surface area contributed by atoms with Crippen LogP contribution in [0.5, 0.6) is 0 Å². The summed E-state index contributed by atoms with van der Waals surface area (Å²) in [7, 11) is 0. The molecule has 1 heteroatoms. The largest absolute Gasteiger partial charge is 0.298 e. The van der Waals surface area contributed by atoms with Crippen LogP contribution in [0.4, 0.5) is 0 Å². The first-order valence-electron chi connectivity index (χ1n) is 6.83. The maximum absolute atomic E-state index is 11.5. The Morgan fingerprint density at radius 1 is 0.850 bits per heavy atom. The lowest BCUT2D eigenvalue weighted by Gasteiger charge is -2.15. The molecule has 0 atom stereocenters. The number of hydrogen-bond acceptors (Lipinski definition) is 1. The van der Waals surface area contributed by atoms with Crippen molar-refractivity contribution in [3.8, 4) is 0 Å². The zero-order chi connectivity index (χ0) is 13.9. The van der Waals surface area contributed by atoms with Gasteiger partial charge in [0.1, 0.15) is 0 Å². The quantitative estimate of drug-likeness (QED) is 0.346. The van der Waals surface area contributed by atoms with Gasteiger partial charge < -0.3 is 0 Å². The smallest absolute Gasteiger partial charge is 0.150 e. The highest BCUT2D eigenvalue weighted by atomic mass is 16.1. The first-order chi connectivity index (χ1) is 9.70. The Balaban J connectivity index is 2.46. The molecule has 96 valence electrons. The molecule has 0 aliphatic rings. The molecule has 4 aromatic carbocycles. The highest BCUT2D eigenvalue weighted by molar-refractivity contribution is 6.26. The van der Waals surface area contributed by atoms with Crippen LogP contribution in [0.15, 0.2) is 42.5 Å². The molecule has 0 aromatic heterocycles. The second kappa shape index (κ2) is 3.80. The van der Waals surface area contributed by atoms with E-state index in [1.165, 1.54) is 38.1 Å². The number of carbonyl (C=O) groups is 1. The van der Waals surface area contributed by atoms with Gasteiger partial charge in [-0.2, -0.15) is 0 Å². The van der Waals surface area contributed by atoms with Crippen LogP contribution < -0.4 is 0 Å². The summed E-state index contributed by atoms with van der Waals surface area (Å²) in [5.41, 5.74) is 3.32. The van der Waals surface area contributed by atoms with E-state index in [1.807, 2.05) is 18.2 Å². The van der Waals surface area contributed by atoms with Crippen molar-refractivity contribution in [1.82, 2.24) is 0 Å².